The highest BCUT2D eigenvalue weighted by molar-refractivity contribution is 5.88. The minimum Gasteiger partial charge on any atom is -0.354 e. The Morgan fingerprint density at radius 1 is 1.29 bits per heavy atom. The summed E-state index contributed by atoms with van der Waals surface area (Å²) in [5.41, 5.74) is -0.781. The quantitative estimate of drug-likeness (QED) is 0.767. The highest BCUT2D eigenvalue weighted by atomic mass is 16.2. The van der Waals surface area contributed by atoms with Gasteiger partial charge in [-0.1, -0.05) is 0 Å². The molecule has 0 radical (unpaired) electrons. The van der Waals surface area contributed by atoms with Gasteiger partial charge in [0.1, 0.15) is 5.41 Å². The maximum atomic E-state index is 11.7. The molecule has 92 valence electrons. The predicted octanol–water partition coefficient (Wildman–Crippen LogP) is 0.419. The van der Waals surface area contributed by atoms with E-state index in [0.29, 0.717) is 25.8 Å². The normalized spacial score (nSPS) is 20.8. The van der Waals surface area contributed by atoms with Crippen molar-refractivity contribution in [3.05, 3.63) is 0 Å². The fraction of sp³-hybridized carbons (Fsp3) is 0.750. The molecule has 1 aliphatic heterocycles. The first-order valence-corrected chi connectivity index (χ1v) is 6.15. The standard InChI is InChI=1S/C12H17N3O2/c13-9-12(4-5-12)11(17)14-6-3-10(16)15-7-1-2-8-15/h1-8H2,(H,14,17). The van der Waals surface area contributed by atoms with Crippen LogP contribution in [0.3, 0.4) is 0 Å². The monoisotopic (exact) mass is 235 g/mol. The highest BCUT2D eigenvalue weighted by Gasteiger charge is 2.50. The van der Waals surface area contributed by atoms with Gasteiger partial charge >= 0.3 is 0 Å². The van der Waals surface area contributed by atoms with Gasteiger partial charge in [-0.25, -0.2) is 0 Å². The zero-order chi connectivity index (χ0) is 12.3. The molecule has 2 rings (SSSR count). The first kappa shape index (κ1) is 11.9. The van der Waals surface area contributed by atoms with Crippen LogP contribution in [0.15, 0.2) is 0 Å². The fourth-order valence-corrected chi connectivity index (χ4v) is 2.09. The number of amides is 2. The minimum absolute atomic E-state index is 0.101. The molecule has 5 nitrogen and oxygen atoms in total. The van der Waals surface area contributed by atoms with Crippen molar-refractivity contribution < 1.29 is 9.59 Å². The molecule has 1 heterocycles. The second-order valence-corrected chi connectivity index (χ2v) is 4.79. The van der Waals surface area contributed by atoms with Crippen LogP contribution in [-0.4, -0.2) is 36.3 Å². The Morgan fingerprint density at radius 2 is 1.94 bits per heavy atom. The molecule has 0 atom stereocenters. The number of nitriles is 1. The zero-order valence-electron chi connectivity index (χ0n) is 9.87. The Labute approximate surface area is 101 Å². The second kappa shape index (κ2) is 4.74. The van der Waals surface area contributed by atoms with Crippen LogP contribution in [0.2, 0.25) is 0 Å². The van der Waals surface area contributed by atoms with E-state index in [-0.39, 0.29) is 11.8 Å². The summed E-state index contributed by atoms with van der Waals surface area (Å²) in [4.78, 5) is 25.1. The van der Waals surface area contributed by atoms with Crippen molar-refractivity contribution in [2.75, 3.05) is 19.6 Å². The van der Waals surface area contributed by atoms with Gasteiger partial charge in [-0.2, -0.15) is 5.26 Å². The molecule has 0 aromatic carbocycles. The second-order valence-electron chi connectivity index (χ2n) is 4.79. The van der Waals surface area contributed by atoms with Crippen LogP contribution in [0.1, 0.15) is 32.1 Å². The Balaban J connectivity index is 1.68. The molecule has 1 N–H and O–H groups in total. The predicted molar refractivity (Wildman–Crippen MR) is 60.7 cm³/mol. The molecule has 1 saturated carbocycles. The maximum absolute atomic E-state index is 11.7. The van der Waals surface area contributed by atoms with E-state index in [1.54, 1.807) is 0 Å². The van der Waals surface area contributed by atoms with Crippen LogP contribution < -0.4 is 5.32 Å². The number of rotatable bonds is 4. The molecule has 0 spiro atoms. The Hall–Kier alpha value is -1.57. The number of hydrogen-bond acceptors (Lipinski definition) is 3. The maximum Gasteiger partial charge on any atom is 0.240 e. The number of carbonyl (C=O) groups is 2. The summed E-state index contributed by atoms with van der Waals surface area (Å²) in [7, 11) is 0. The lowest BCUT2D eigenvalue weighted by molar-refractivity contribution is -0.130. The van der Waals surface area contributed by atoms with Gasteiger partial charge in [0.2, 0.25) is 11.8 Å². The number of likely N-dealkylation sites (tertiary alicyclic amines) is 1. The molecular weight excluding hydrogens is 218 g/mol. The minimum atomic E-state index is -0.781. The van der Waals surface area contributed by atoms with Crippen molar-refractivity contribution in [1.82, 2.24) is 10.2 Å². The van der Waals surface area contributed by atoms with Crippen LogP contribution in [0.5, 0.6) is 0 Å². The molecule has 0 aromatic rings. The van der Waals surface area contributed by atoms with Crippen molar-refractivity contribution in [2.24, 2.45) is 5.41 Å². The molecule has 0 unspecified atom stereocenters. The molecule has 0 aromatic heterocycles. The third-order valence-electron chi connectivity index (χ3n) is 3.48. The average molecular weight is 235 g/mol. The lowest BCUT2D eigenvalue weighted by atomic mass is 10.1. The molecule has 2 amide bonds. The first-order chi connectivity index (χ1) is 8.18. The van der Waals surface area contributed by atoms with E-state index in [9.17, 15) is 9.59 Å². The van der Waals surface area contributed by atoms with Crippen molar-refractivity contribution >= 4 is 11.8 Å². The van der Waals surface area contributed by atoms with E-state index in [1.807, 2.05) is 11.0 Å². The van der Waals surface area contributed by atoms with Gasteiger partial charge in [-0.15, -0.1) is 0 Å². The van der Waals surface area contributed by atoms with E-state index in [0.717, 1.165) is 25.9 Å². The van der Waals surface area contributed by atoms with Crippen LogP contribution >= 0.6 is 0 Å². The Morgan fingerprint density at radius 3 is 2.47 bits per heavy atom. The SMILES string of the molecule is N#CC1(C(=O)NCCC(=O)N2CCCC2)CC1. The summed E-state index contributed by atoms with van der Waals surface area (Å²) < 4.78 is 0. The largest absolute Gasteiger partial charge is 0.354 e. The van der Waals surface area contributed by atoms with Gasteiger partial charge in [-0.3, -0.25) is 9.59 Å². The molecule has 2 fully saturated rings. The molecule has 17 heavy (non-hydrogen) atoms. The third-order valence-corrected chi connectivity index (χ3v) is 3.48. The first-order valence-electron chi connectivity index (χ1n) is 6.15. The summed E-state index contributed by atoms with van der Waals surface area (Å²) in [6.45, 7) is 2.03. The van der Waals surface area contributed by atoms with E-state index >= 15 is 0 Å². The zero-order valence-corrected chi connectivity index (χ0v) is 9.87. The number of nitrogens with one attached hydrogen (secondary N) is 1. The molecule has 5 heteroatoms. The van der Waals surface area contributed by atoms with E-state index < -0.39 is 5.41 Å². The summed E-state index contributed by atoms with van der Waals surface area (Å²) in [5, 5.41) is 11.5. The van der Waals surface area contributed by atoms with Gasteiger partial charge < -0.3 is 10.2 Å². The van der Waals surface area contributed by atoms with Crippen molar-refractivity contribution in [3.8, 4) is 6.07 Å². The average Bonchev–Trinajstić information content (AvgIpc) is 2.95. The van der Waals surface area contributed by atoms with E-state index in [4.69, 9.17) is 5.26 Å². The van der Waals surface area contributed by atoms with Gasteiger partial charge in [0.05, 0.1) is 6.07 Å². The molecule has 1 saturated heterocycles. The lowest BCUT2D eigenvalue weighted by Gasteiger charge is -2.15. The van der Waals surface area contributed by atoms with Gasteiger partial charge in [0.15, 0.2) is 0 Å². The topological polar surface area (TPSA) is 73.2 Å². The summed E-state index contributed by atoms with van der Waals surface area (Å²) in [6.07, 6.45) is 3.79. The molecular formula is C12H17N3O2. The van der Waals surface area contributed by atoms with Crippen LogP contribution in [0, 0.1) is 16.7 Å². The molecule has 1 aliphatic carbocycles. The van der Waals surface area contributed by atoms with Gasteiger partial charge in [0, 0.05) is 26.1 Å². The van der Waals surface area contributed by atoms with Crippen molar-refractivity contribution in [3.63, 3.8) is 0 Å². The van der Waals surface area contributed by atoms with Gasteiger partial charge in [-0.05, 0) is 25.7 Å². The molecule has 0 bridgehead atoms. The van der Waals surface area contributed by atoms with Crippen molar-refractivity contribution in [2.45, 2.75) is 32.1 Å². The van der Waals surface area contributed by atoms with Crippen LogP contribution in [0.4, 0.5) is 0 Å². The molecule has 2 aliphatic rings. The third kappa shape index (κ3) is 2.57. The number of nitrogens with zero attached hydrogens (tertiary/aromatic N) is 2. The van der Waals surface area contributed by atoms with Crippen LogP contribution in [0.25, 0.3) is 0 Å². The van der Waals surface area contributed by atoms with Crippen molar-refractivity contribution in [1.29, 1.82) is 5.26 Å². The fourth-order valence-electron chi connectivity index (χ4n) is 2.09. The van der Waals surface area contributed by atoms with E-state index in [2.05, 4.69) is 5.32 Å². The summed E-state index contributed by atoms with van der Waals surface area (Å²) >= 11 is 0. The van der Waals surface area contributed by atoms with Crippen LogP contribution in [-0.2, 0) is 9.59 Å². The lowest BCUT2D eigenvalue weighted by Crippen LogP contribution is -2.35. The Bertz CT molecular complexity index is 362. The number of hydrogen-bond donors (Lipinski definition) is 1. The summed E-state index contributed by atoms with van der Waals surface area (Å²) in [6, 6.07) is 2.04. The van der Waals surface area contributed by atoms with E-state index in [1.165, 1.54) is 0 Å². The van der Waals surface area contributed by atoms with Gasteiger partial charge in [0.25, 0.3) is 0 Å². The number of carbonyl (C=O) groups excluding carboxylic acids is 2. The summed E-state index contributed by atoms with van der Waals surface area (Å²) in [5.74, 6) is -0.112. The Kier molecular flexibility index (Phi) is 3.32. The highest BCUT2D eigenvalue weighted by Crippen LogP contribution is 2.44. The smallest absolute Gasteiger partial charge is 0.240 e.